The molecule has 1 fully saturated rings. The molecule has 0 atom stereocenters. The van der Waals surface area contributed by atoms with Gasteiger partial charge in [0.05, 0.1) is 11.6 Å². The summed E-state index contributed by atoms with van der Waals surface area (Å²) in [5, 5.41) is 3.28. The van der Waals surface area contributed by atoms with E-state index in [1.807, 2.05) is 30.9 Å². The Morgan fingerprint density at radius 3 is 2.75 bits per heavy atom. The van der Waals surface area contributed by atoms with E-state index in [9.17, 15) is 9.18 Å². The first-order valence-electron chi connectivity index (χ1n) is 8.14. The minimum atomic E-state index is -0.527. The quantitative estimate of drug-likeness (QED) is 0.942. The third-order valence-electron chi connectivity index (χ3n) is 5.00. The molecule has 3 heterocycles. The van der Waals surface area contributed by atoms with Crippen molar-refractivity contribution in [3.05, 3.63) is 48.0 Å². The number of carbonyl (C=O) groups excluding carboxylic acids is 1. The molecule has 0 spiro atoms. The molecular formula is C18H19FN4O. The highest BCUT2D eigenvalue weighted by Crippen LogP contribution is 2.44. The molecule has 5 nitrogen and oxygen atoms in total. The van der Waals surface area contributed by atoms with E-state index in [1.165, 1.54) is 12.3 Å². The Labute approximate surface area is 139 Å². The van der Waals surface area contributed by atoms with Gasteiger partial charge in [-0.3, -0.25) is 9.69 Å². The van der Waals surface area contributed by atoms with Crippen LogP contribution in [0, 0.1) is 5.82 Å². The normalized spacial score (nSPS) is 24.5. The zero-order chi connectivity index (χ0) is 16.9. The first-order chi connectivity index (χ1) is 11.5. The first kappa shape index (κ1) is 15.1. The van der Waals surface area contributed by atoms with Crippen molar-refractivity contribution in [3.63, 3.8) is 0 Å². The predicted octanol–water partition coefficient (Wildman–Crippen LogP) is 2.88. The lowest BCUT2D eigenvalue weighted by Gasteiger charge is -2.41. The van der Waals surface area contributed by atoms with Gasteiger partial charge in [-0.1, -0.05) is 6.07 Å². The molecule has 2 aromatic heterocycles. The molecule has 1 aliphatic heterocycles. The van der Waals surface area contributed by atoms with Gasteiger partial charge in [0.25, 0.3) is 0 Å². The van der Waals surface area contributed by atoms with Crippen LogP contribution in [-0.4, -0.2) is 28.0 Å². The van der Waals surface area contributed by atoms with Crippen molar-refractivity contribution < 1.29 is 9.18 Å². The average Bonchev–Trinajstić information content (AvgIpc) is 2.73. The maximum absolute atomic E-state index is 12.9. The fourth-order valence-electron chi connectivity index (χ4n) is 3.51. The van der Waals surface area contributed by atoms with Gasteiger partial charge < -0.3 is 5.32 Å². The van der Waals surface area contributed by atoms with Crippen LogP contribution in [0.15, 0.2) is 36.7 Å². The van der Waals surface area contributed by atoms with Crippen molar-refractivity contribution in [2.24, 2.45) is 0 Å². The number of carbonyl (C=O) groups is 1. The predicted molar refractivity (Wildman–Crippen MR) is 89.4 cm³/mol. The highest BCUT2D eigenvalue weighted by molar-refractivity contribution is 6.07. The van der Waals surface area contributed by atoms with Gasteiger partial charge in [0.15, 0.2) is 0 Å². The summed E-state index contributed by atoms with van der Waals surface area (Å²) in [6, 6.07) is 7.25. The van der Waals surface area contributed by atoms with Crippen molar-refractivity contribution in [3.8, 4) is 0 Å². The molecule has 0 bridgehead atoms. The van der Waals surface area contributed by atoms with Crippen molar-refractivity contribution in [1.29, 1.82) is 0 Å². The fourth-order valence-corrected chi connectivity index (χ4v) is 3.51. The van der Waals surface area contributed by atoms with Crippen LogP contribution in [0.3, 0.4) is 0 Å². The van der Waals surface area contributed by atoms with Crippen LogP contribution in [0.25, 0.3) is 0 Å². The van der Waals surface area contributed by atoms with E-state index in [1.54, 1.807) is 12.3 Å². The number of hydrogen-bond acceptors (Lipinski definition) is 4. The van der Waals surface area contributed by atoms with Crippen LogP contribution in [0.5, 0.6) is 0 Å². The van der Waals surface area contributed by atoms with Gasteiger partial charge in [0.2, 0.25) is 5.91 Å². The summed E-state index contributed by atoms with van der Waals surface area (Å²) >= 11 is 0. The number of pyridine rings is 2. The third-order valence-corrected chi connectivity index (χ3v) is 5.00. The summed E-state index contributed by atoms with van der Waals surface area (Å²) in [5.74, 6) is 1.21. The van der Waals surface area contributed by atoms with Gasteiger partial charge in [0.1, 0.15) is 17.5 Å². The molecule has 24 heavy (non-hydrogen) atoms. The lowest BCUT2D eigenvalue weighted by molar-refractivity contribution is -0.122. The standard InChI is InChI=1S/C18H19FN4O/c1-18(2)14-4-3-7-20-16(14)23(17(18)24)13-8-12(9-13)22-15-6-5-11(19)10-21-15/h3-7,10,12-13H,8-9H2,1-2H3,(H,21,22)/t12-,13-. The summed E-state index contributed by atoms with van der Waals surface area (Å²) in [7, 11) is 0. The van der Waals surface area contributed by atoms with Crippen molar-refractivity contribution in [2.75, 3.05) is 10.2 Å². The smallest absolute Gasteiger partial charge is 0.238 e. The number of amides is 1. The number of rotatable bonds is 3. The van der Waals surface area contributed by atoms with Crippen LogP contribution in [0.4, 0.5) is 16.0 Å². The van der Waals surface area contributed by atoms with E-state index in [-0.39, 0.29) is 23.8 Å². The van der Waals surface area contributed by atoms with E-state index in [0.29, 0.717) is 5.82 Å². The van der Waals surface area contributed by atoms with Crippen LogP contribution < -0.4 is 10.2 Å². The Morgan fingerprint density at radius 1 is 1.25 bits per heavy atom. The van der Waals surface area contributed by atoms with E-state index in [2.05, 4.69) is 15.3 Å². The van der Waals surface area contributed by atoms with Gasteiger partial charge >= 0.3 is 0 Å². The van der Waals surface area contributed by atoms with Gasteiger partial charge in [-0.2, -0.15) is 0 Å². The molecule has 4 rings (SSSR count). The molecule has 0 radical (unpaired) electrons. The summed E-state index contributed by atoms with van der Waals surface area (Å²) in [5.41, 5.74) is 0.465. The summed E-state index contributed by atoms with van der Waals surface area (Å²) in [6.07, 6.45) is 4.59. The maximum atomic E-state index is 12.9. The molecule has 1 aliphatic carbocycles. The van der Waals surface area contributed by atoms with Crippen LogP contribution in [-0.2, 0) is 10.2 Å². The monoisotopic (exact) mass is 326 g/mol. The van der Waals surface area contributed by atoms with Gasteiger partial charge in [0, 0.05) is 23.8 Å². The number of nitrogens with one attached hydrogen (secondary N) is 1. The van der Waals surface area contributed by atoms with E-state index < -0.39 is 5.41 Å². The zero-order valence-electron chi connectivity index (χ0n) is 13.7. The molecule has 1 saturated carbocycles. The molecule has 0 aromatic carbocycles. The summed E-state index contributed by atoms with van der Waals surface area (Å²) in [4.78, 5) is 23.1. The number of halogens is 1. The number of aromatic nitrogens is 2. The number of hydrogen-bond donors (Lipinski definition) is 1. The second-order valence-corrected chi connectivity index (χ2v) is 7.00. The average molecular weight is 326 g/mol. The van der Waals surface area contributed by atoms with E-state index in [4.69, 9.17) is 0 Å². The number of fused-ring (bicyclic) bond motifs is 1. The summed E-state index contributed by atoms with van der Waals surface area (Å²) in [6.45, 7) is 3.90. The van der Waals surface area contributed by atoms with Crippen molar-refractivity contribution in [1.82, 2.24) is 9.97 Å². The van der Waals surface area contributed by atoms with E-state index in [0.717, 1.165) is 24.2 Å². The van der Waals surface area contributed by atoms with Gasteiger partial charge in [-0.25, -0.2) is 14.4 Å². The summed E-state index contributed by atoms with van der Waals surface area (Å²) < 4.78 is 12.9. The third kappa shape index (κ3) is 2.25. The van der Waals surface area contributed by atoms with Crippen molar-refractivity contribution >= 4 is 17.5 Å². The minimum absolute atomic E-state index is 0.111. The first-order valence-corrected chi connectivity index (χ1v) is 8.14. The van der Waals surface area contributed by atoms with E-state index >= 15 is 0 Å². The highest BCUT2D eigenvalue weighted by atomic mass is 19.1. The molecule has 124 valence electrons. The Bertz CT molecular complexity index is 784. The van der Waals surface area contributed by atoms with Gasteiger partial charge in [-0.05, 0) is 44.9 Å². The Kier molecular flexibility index (Phi) is 3.30. The lowest BCUT2D eigenvalue weighted by atomic mass is 9.84. The Morgan fingerprint density at radius 2 is 2.04 bits per heavy atom. The second-order valence-electron chi connectivity index (χ2n) is 7.00. The SMILES string of the molecule is CC1(C)C(=O)N([C@H]2C[C@H](Nc3ccc(F)cn3)C2)c2ncccc21. The molecule has 1 amide bonds. The van der Waals surface area contributed by atoms with Crippen LogP contribution in [0.2, 0.25) is 0 Å². The number of nitrogens with zero attached hydrogens (tertiary/aromatic N) is 3. The molecule has 2 aliphatic rings. The lowest BCUT2D eigenvalue weighted by Crippen LogP contribution is -2.53. The highest BCUT2D eigenvalue weighted by Gasteiger charge is 2.50. The largest absolute Gasteiger partial charge is 0.367 e. The number of anilines is 2. The minimum Gasteiger partial charge on any atom is -0.367 e. The zero-order valence-corrected chi connectivity index (χ0v) is 13.7. The van der Waals surface area contributed by atoms with Crippen molar-refractivity contribution in [2.45, 2.75) is 44.2 Å². The molecule has 0 unspecified atom stereocenters. The molecule has 2 aromatic rings. The Balaban J connectivity index is 1.47. The van der Waals surface area contributed by atoms with Crippen LogP contribution >= 0.6 is 0 Å². The maximum Gasteiger partial charge on any atom is 0.238 e. The molecule has 1 N–H and O–H groups in total. The molecule has 6 heteroatoms. The Hall–Kier alpha value is -2.50. The second kappa shape index (κ2) is 5.26. The van der Waals surface area contributed by atoms with Crippen LogP contribution in [0.1, 0.15) is 32.3 Å². The molecule has 0 saturated heterocycles. The molecular weight excluding hydrogens is 307 g/mol. The topological polar surface area (TPSA) is 58.1 Å². The fraction of sp³-hybridized carbons (Fsp3) is 0.389. The van der Waals surface area contributed by atoms with Gasteiger partial charge in [-0.15, -0.1) is 0 Å².